The van der Waals surface area contributed by atoms with Crippen molar-refractivity contribution in [1.82, 2.24) is 0 Å². The van der Waals surface area contributed by atoms with Crippen molar-refractivity contribution >= 4 is 21.5 Å². The molecule has 0 radical (unpaired) electrons. The summed E-state index contributed by atoms with van der Waals surface area (Å²) in [5.74, 6) is 0. The van der Waals surface area contributed by atoms with Crippen LogP contribution in [0.2, 0.25) is 0 Å². The summed E-state index contributed by atoms with van der Waals surface area (Å²) in [6.45, 7) is 0. The molecule has 0 nitrogen and oxygen atoms in total. The highest BCUT2D eigenvalue weighted by atomic mass is 14.5. The van der Waals surface area contributed by atoms with Gasteiger partial charge in [-0.1, -0.05) is 231 Å². The second-order valence-corrected chi connectivity index (χ2v) is 24.7. The van der Waals surface area contributed by atoms with Crippen LogP contribution in [0.15, 0.2) is 267 Å². The van der Waals surface area contributed by atoms with Crippen LogP contribution in [0.5, 0.6) is 0 Å². The van der Waals surface area contributed by atoms with Gasteiger partial charge in [0.25, 0.3) is 0 Å². The van der Waals surface area contributed by atoms with Crippen molar-refractivity contribution in [3.8, 4) is 77.9 Å². The molecule has 3 atom stereocenters. The third kappa shape index (κ3) is 5.95. The van der Waals surface area contributed by atoms with Crippen LogP contribution in [0.4, 0.5) is 0 Å². The first-order chi connectivity index (χ1) is 41.1. The van der Waals surface area contributed by atoms with Gasteiger partial charge >= 0.3 is 0 Å². The van der Waals surface area contributed by atoms with Crippen molar-refractivity contribution < 1.29 is 0 Å². The first-order valence-electron chi connectivity index (χ1n) is 30.2. The smallest absolute Gasteiger partial charge is 0.0469 e. The molecule has 0 amide bonds. The Kier molecular flexibility index (Phi) is 9.29. The maximum Gasteiger partial charge on any atom is 0.0469 e. The highest BCUT2D eigenvalue weighted by Gasteiger charge is 2.51. The topological polar surface area (TPSA) is 0 Å². The number of rotatable bonds is 4. The molecule has 0 N–H and O–H groups in total. The minimum atomic E-state index is -0.191. The Morgan fingerprint density at radius 1 is 0.193 bits per heavy atom. The molecule has 6 aliphatic carbocycles. The summed E-state index contributed by atoms with van der Waals surface area (Å²) in [4.78, 5) is 0. The van der Waals surface area contributed by atoms with Crippen LogP contribution >= 0.6 is 0 Å². The highest BCUT2D eigenvalue weighted by molar-refractivity contribution is 6.22. The molecule has 0 fully saturated rings. The van der Waals surface area contributed by atoms with Crippen LogP contribution in [-0.2, 0) is 35.5 Å². The Morgan fingerprint density at radius 2 is 0.470 bits per heavy atom. The molecule has 0 saturated heterocycles. The van der Waals surface area contributed by atoms with Gasteiger partial charge in [0.05, 0.1) is 0 Å². The first-order valence-corrected chi connectivity index (χ1v) is 30.2. The van der Waals surface area contributed by atoms with Crippen LogP contribution in [0.3, 0.4) is 0 Å². The van der Waals surface area contributed by atoms with Crippen molar-refractivity contribution in [3.63, 3.8) is 0 Å². The summed E-state index contributed by atoms with van der Waals surface area (Å²) in [6.07, 6.45) is 6.46. The fourth-order valence-corrected chi connectivity index (χ4v) is 18.0. The largest absolute Gasteiger partial charge is 0.0620 e. The van der Waals surface area contributed by atoms with E-state index >= 15 is 0 Å². The molecule has 13 aromatic rings. The van der Waals surface area contributed by atoms with E-state index in [2.05, 4.69) is 267 Å². The summed E-state index contributed by atoms with van der Waals surface area (Å²) in [5.41, 5.74) is 35.2. The molecule has 388 valence electrons. The Labute approximate surface area is 485 Å². The van der Waals surface area contributed by atoms with Crippen LogP contribution < -0.4 is 0 Å². The Morgan fingerprint density at radius 3 is 0.855 bits per heavy atom. The zero-order chi connectivity index (χ0) is 54.2. The van der Waals surface area contributed by atoms with Crippen molar-refractivity contribution in [3.05, 3.63) is 334 Å². The molecule has 0 heterocycles. The van der Waals surface area contributed by atoms with Gasteiger partial charge in [-0.25, -0.2) is 0 Å². The minimum absolute atomic E-state index is 0.177. The van der Waals surface area contributed by atoms with Gasteiger partial charge in [0.2, 0.25) is 0 Å². The quantitative estimate of drug-likeness (QED) is 0.154. The van der Waals surface area contributed by atoms with Gasteiger partial charge < -0.3 is 0 Å². The van der Waals surface area contributed by atoms with Gasteiger partial charge in [-0.2, -0.15) is 0 Å². The predicted octanol–water partition coefficient (Wildman–Crippen LogP) is 20.4. The number of aryl methyl sites for hydroxylation is 3. The van der Waals surface area contributed by atoms with Crippen LogP contribution in [0.1, 0.15) is 86.0 Å². The zero-order valence-corrected chi connectivity index (χ0v) is 46.1. The van der Waals surface area contributed by atoms with E-state index in [1.807, 2.05) is 0 Å². The average molecular weight is 1050 g/mol. The molecular weight excluding hydrogens is 997 g/mol. The van der Waals surface area contributed by atoms with E-state index in [9.17, 15) is 0 Å². The van der Waals surface area contributed by atoms with Gasteiger partial charge in [0, 0.05) is 16.2 Å². The minimum Gasteiger partial charge on any atom is -0.0620 e. The zero-order valence-electron chi connectivity index (χ0n) is 46.1. The molecule has 0 saturated carbocycles. The lowest BCUT2D eigenvalue weighted by molar-refractivity contribution is 0.626. The van der Waals surface area contributed by atoms with Crippen molar-refractivity contribution in [1.29, 1.82) is 0 Å². The number of hydrogen-bond donors (Lipinski definition) is 0. The van der Waals surface area contributed by atoms with E-state index in [-0.39, 0.29) is 16.2 Å². The highest BCUT2D eigenvalue weighted by Crippen LogP contribution is 2.63. The monoisotopic (exact) mass is 1050 g/mol. The molecular formula is C83H56. The number of fused-ring (bicyclic) bond motifs is 23. The lowest BCUT2D eigenvalue weighted by atomic mass is 9.72. The van der Waals surface area contributed by atoms with Crippen LogP contribution in [0.25, 0.3) is 99.4 Å². The maximum atomic E-state index is 2.59. The fraction of sp³-hybridized carbons (Fsp3) is 0.108. The molecule has 83 heavy (non-hydrogen) atoms. The van der Waals surface area contributed by atoms with Gasteiger partial charge in [-0.05, 0) is 241 Å². The molecule has 13 aromatic carbocycles. The number of hydrogen-bond acceptors (Lipinski definition) is 0. The van der Waals surface area contributed by atoms with Gasteiger partial charge in [0.1, 0.15) is 0 Å². The normalized spacial score (nSPS) is 19.4. The van der Waals surface area contributed by atoms with E-state index in [1.165, 1.54) is 166 Å². The van der Waals surface area contributed by atoms with Gasteiger partial charge in [-0.15, -0.1) is 0 Å². The second kappa shape index (κ2) is 16.8. The average Bonchev–Trinajstić information content (AvgIpc) is 2.62. The molecule has 3 unspecified atom stereocenters. The maximum absolute atomic E-state index is 2.59. The summed E-state index contributed by atoms with van der Waals surface area (Å²) in [6, 6.07) is 104. The lowest BCUT2D eigenvalue weighted by Gasteiger charge is -2.29. The molecule has 19 rings (SSSR count). The molecule has 6 aliphatic rings. The Balaban J connectivity index is 0.851. The summed E-state index contributed by atoms with van der Waals surface area (Å²) in [7, 11) is 0. The molecule has 0 heteroatoms. The molecule has 0 aromatic heterocycles. The van der Waals surface area contributed by atoms with E-state index in [1.54, 1.807) is 0 Å². The second-order valence-electron chi connectivity index (χ2n) is 24.7. The fourth-order valence-electron chi connectivity index (χ4n) is 18.0. The summed E-state index contributed by atoms with van der Waals surface area (Å²) >= 11 is 0. The molecule has 0 aliphatic heterocycles. The summed E-state index contributed by atoms with van der Waals surface area (Å²) in [5, 5.41) is 5.09. The lowest BCUT2D eigenvalue weighted by Crippen LogP contribution is -2.23. The molecule has 0 bridgehead atoms. The third-order valence-corrected chi connectivity index (χ3v) is 21.3. The van der Waals surface area contributed by atoms with Crippen molar-refractivity contribution in [2.75, 3.05) is 0 Å². The predicted molar refractivity (Wildman–Crippen MR) is 343 cm³/mol. The third-order valence-electron chi connectivity index (χ3n) is 21.3. The Bertz CT molecular complexity index is 4780. The van der Waals surface area contributed by atoms with Gasteiger partial charge in [0.15, 0.2) is 0 Å². The van der Waals surface area contributed by atoms with E-state index < -0.39 is 0 Å². The van der Waals surface area contributed by atoms with Gasteiger partial charge in [-0.3, -0.25) is 0 Å². The SMILES string of the molecule is c1ccc2c(c1)CCC21c2ccccc2-c2ccc(-c3cc(-c4ccc5c(c4)C4(CCc6ccccc64)c4ccccc4-5)cc(-c4c5ccccc5c(-c5ccc6c(c5)C5(CCc7ccccc75)c5ccccc5-6)c5ccccc45)c3)cc21. The number of benzene rings is 13. The van der Waals surface area contributed by atoms with Crippen LogP contribution in [0, 0.1) is 0 Å². The van der Waals surface area contributed by atoms with E-state index in [0.717, 1.165) is 38.5 Å². The molecule has 3 spiro atoms. The van der Waals surface area contributed by atoms with E-state index in [0.29, 0.717) is 0 Å². The Hall–Kier alpha value is -9.62. The first kappa shape index (κ1) is 46.0. The van der Waals surface area contributed by atoms with Crippen molar-refractivity contribution in [2.45, 2.75) is 54.8 Å². The summed E-state index contributed by atoms with van der Waals surface area (Å²) < 4.78 is 0. The van der Waals surface area contributed by atoms with Crippen LogP contribution in [-0.4, -0.2) is 0 Å². The van der Waals surface area contributed by atoms with Crippen molar-refractivity contribution in [2.24, 2.45) is 0 Å². The standard InChI is InChI=1S/C83H56/c1-11-27-70-51(17-1)39-42-81(70)73-30-14-8-20-60(73)63-36-33-54(48-76(63)81)57-45-58(55-34-37-64-61-21-9-15-31-74(61)82(77(64)49-55)43-40-52-18-2-12-28-71(52)82)47-59(46-57)80-68-25-6-4-23-66(68)79(67-24-5-7-26-69(67)80)56-35-38-65-62-22-10-16-32-75(62)83(78(65)50-56)44-41-53-19-3-13-29-72(53)83/h1-38,45-50H,39-44H2. The van der Waals surface area contributed by atoms with E-state index in [4.69, 9.17) is 0 Å².